The summed E-state index contributed by atoms with van der Waals surface area (Å²) in [7, 11) is 3.10. The summed E-state index contributed by atoms with van der Waals surface area (Å²) in [5.74, 6) is 1.54. The number of aromatic nitrogens is 1. The number of carbonyl (C=O) groups excluding carboxylic acids is 1. The van der Waals surface area contributed by atoms with Gasteiger partial charge in [0.1, 0.15) is 17.3 Å². The highest BCUT2D eigenvalue weighted by atomic mass is 16.5. The number of rotatable bonds is 5. The summed E-state index contributed by atoms with van der Waals surface area (Å²) in [5, 5.41) is 2.77. The van der Waals surface area contributed by atoms with E-state index >= 15 is 0 Å². The van der Waals surface area contributed by atoms with Gasteiger partial charge in [-0.25, -0.2) is 4.98 Å². The van der Waals surface area contributed by atoms with Crippen LogP contribution in [0.3, 0.4) is 0 Å². The number of nitrogens with zero attached hydrogens (tertiary/aromatic N) is 1. The van der Waals surface area contributed by atoms with Gasteiger partial charge in [0.25, 0.3) is 0 Å². The van der Waals surface area contributed by atoms with Crippen molar-refractivity contribution in [2.75, 3.05) is 19.5 Å². The van der Waals surface area contributed by atoms with Crippen LogP contribution < -0.4 is 14.8 Å². The molecule has 1 heterocycles. The van der Waals surface area contributed by atoms with Crippen molar-refractivity contribution in [2.24, 2.45) is 0 Å². The lowest BCUT2D eigenvalue weighted by Crippen LogP contribution is -2.15. The minimum atomic E-state index is -0.201. The van der Waals surface area contributed by atoms with E-state index in [9.17, 15) is 4.79 Å². The molecule has 0 fully saturated rings. The Morgan fingerprint density at radius 3 is 2.75 bits per heavy atom. The fraction of sp³-hybridized carbons (Fsp3) is 0.286. The quantitative estimate of drug-likeness (QED) is 0.906. The normalized spacial score (nSPS) is 10.2. The van der Waals surface area contributed by atoms with Crippen LogP contribution in [-0.4, -0.2) is 25.1 Å². The highest BCUT2D eigenvalue weighted by Gasteiger charge is 2.13. The summed E-state index contributed by atoms with van der Waals surface area (Å²) in [5.41, 5.74) is 1.29. The number of carbonyl (C=O) groups is 1. The molecule has 0 atom stereocenters. The summed E-state index contributed by atoms with van der Waals surface area (Å²) in [6.45, 7) is 1.79. The molecule has 1 aromatic carbocycles. The van der Waals surface area contributed by atoms with Crippen molar-refractivity contribution in [3.05, 3.63) is 36.0 Å². The Balaban J connectivity index is 2.09. The minimum absolute atomic E-state index is 0.126. The van der Waals surface area contributed by atoms with Gasteiger partial charge < -0.3 is 19.2 Å². The van der Waals surface area contributed by atoms with Gasteiger partial charge in [-0.1, -0.05) is 0 Å². The predicted octanol–water partition coefficient (Wildman–Crippen LogP) is 2.18. The molecule has 0 aliphatic rings. The maximum atomic E-state index is 12.0. The molecule has 0 bridgehead atoms. The molecule has 0 radical (unpaired) electrons. The number of aryl methyl sites for hydroxylation is 1. The molecule has 0 unspecified atom stereocenters. The Morgan fingerprint density at radius 2 is 2.15 bits per heavy atom. The van der Waals surface area contributed by atoms with Gasteiger partial charge in [0.05, 0.1) is 32.0 Å². The van der Waals surface area contributed by atoms with Gasteiger partial charge in [-0.15, -0.1) is 0 Å². The van der Waals surface area contributed by atoms with Gasteiger partial charge in [-0.3, -0.25) is 4.79 Å². The van der Waals surface area contributed by atoms with Crippen LogP contribution >= 0.6 is 0 Å². The molecule has 0 aliphatic heterocycles. The largest absolute Gasteiger partial charge is 0.497 e. The first-order valence-electron chi connectivity index (χ1n) is 6.05. The first-order chi connectivity index (χ1) is 9.63. The highest BCUT2D eigenvalue weighted by molar-refractivity contribution is 5.93. The molecule has 6 heteroatoms. The van der Waals surface area contributed by atoms with Crippen LogP contribution in [0.15, 0.2) is 29.0 Å². The Kier molecular flexibility index (Phi) is 4.24. The zero-order valence-corrected chi connectivity index (χ0v) is 11.6. The van der Waals surface area contributed by atoms with E-state index in [0.29, 0.717) is 28.6 Å². The van der Waals surface area contributed by atoms with E-state index in [2.05, 4.69) is 10.3 Å². The zero-order chi connectivity index (χ0) is 14.5. The average molecular weight is 276 g/mol. The van der Waals surface area contributed by atoms with Gasteiger partial charge in [-0.05, 0) is 19.1 Å². The third-order valence-corrected chi connectivity index (χ3v) is 2.85. The van der Waals surface area contributed by atoms with E-state index in [-0.39, 0.29) is 12.3 Å². The molecule has 2 aromatic rings. The van der Waals surface area contributed by atoms with Crippen molar-refractivity contribution in [3.8, 4) is 11.5 Å². The first kappa shape index (κ1) is 13.9. The molecular formula is C14H16N2O4. The van der Waals surface area contributed by atoms with Crippen LogP contribution in [0.1, 0.15) is 11.5 Å². The van der Waals surface area contributed by atoms with Gasteiger partial charge >= 0.3 is 0 Å². The molecule has 1 N–H and O–H groups in total. The van der Waals surface area contributed by atoms with Gasteiger partial charge in [0.15, 0.2) is 6.39 Å². The van der Waals surface area contributed by atoms with Crippen LogP contribution in [0.4, 0.5) is 5.69 Å². The summed E-state index contributed by atoms with van der Waals surface area (Å²) in [6, 6.07) is 5.18. The smallest absolute Gasteiger partial charge is 0.232 e. The van der Waals surface area contributed by atoms with Gasteiger partial charge in [0, 0.05) is 6.07 Å². The van der Waals surface area contributed by atoms with E-state index < -0.39 is 0 Å². The molecule has 1 amide bonds. The van der Waals surface area contributed by atoms with E-state index in [1.807, 2.05) is 0 Å². The zero-order valence-electron chi connectivity index (χ0n) is 11.6. The second kappa shape index (κ2) is 6.10. The molecular weight excluding hydrogens is 260 g/mol. The Hall–Kier alpha value is -2.50. The SMILES string of the molecule is COc1ccc(NC(=O)Cc2ocnc2C)c(OC)c1. The standard InChI is InChI=1S/C14H16N2O4/c1-9-12(20-8-15-9)7-14(17)16-11-5-4-10(18-2)6-13(11)19-3/h4-6,8H,7H2,1-3H3,(H,16,17). The molecule has 6 nitrogen and oxygen atoms in total. The number of amides is 1. The van der Waals surface area contributed by atoms with Crippen molar-refractivity contribution in [3.63, 3.8) is 0 Å². The third kappa shape index (κ3) is 3.09. The summed E-state index contributed by atoms with van der Waals surface area (Å²) >= 11 is 0. The van der Waals surface area contributed by atoms with Crippen LogP contribution in [0.5, 0.6) is 11.5 Å². The third-order valence-electron chi connectivity index (χ3n) is 2.85. The molecule has 0 saturated heterocycles. The number of nitrogens with one attached hydrogen (secondary N) is 1. The van der Waals surface area contributed by atoms with Gasteiger partial charge in [0.2, 0.25) is 5.91 Å². The molecule has 20 heavy (non-hydrogen) atoms. The maximum absolute atomic E-state index is 12.0. The lowest BCUT2D eigenvalue weighted by Gasteiger charge is -2.11. The first-order valence-corrected chi connectivity index (χ1v) is 6.05. The van der Waals surface area contributed by atoms with Crippen molar-refractivity contribution in [2.45, 2.75) is 13.3 Å². The lowest BCUT2D eigenvalue weighted by atomic mass is 10.2. The predicted molar refractivity (Wildman–Crippen MR) is 73.1 cm³/mol. The molecule has 106 valence electrons. The van der Waals surface area contributed by atoms with E-state index in [0.717, 1.165) is 0 Å². The van der Waals surface area contributed by atoms with Crippen molar-refractivity contribution in [1.29, 1.82) is 0 Å². The number of oxazole rings is 1. The second-order valence-corrected chi connectivity index (χ2v) is 4.15. The summed E-state index contributed by atoms with van der Waals surface area (Å²) in [4.78, 5) is 15.9. The molecule has 2 rings (SSSR count). The van der Waals surface area contributed by atoms with E-state index in [4.69, 9.17) is 13.9 Å². The van der Waals surface area contributed by atoms with Crippen molar-refractivity contribution >= 4 is 11.6 Å². The lowest BCUT2D eigenvalue weighted by molar-refractivity contribution is -0.115. The van der Waals surface area contributed by atoms with Crippen LogP contribution in [0, 0.1) is 6.92 Å². The number of anilines is 1. The Bertz CT molecular complexity index is 607. The average Bonchev–Trinajstić information content (AvgIpc) is 2.84. The van der Waals surface area contributed by atoms with Crippen LogP contribution in [0.2, 0.25) is 0 Å². The summed E-state index contributed by atoms with van der Waals surface area (Å²) in [6.07, 6.45) is 1.45. The number of methoxy groups -OCH3 is 2. The molecule has 0 spiro atoms. The fourth-order valence-corrected chi connectivity index (χ4v) is 1.74. The fourth-order valence-electron chi connectivity index (χ4n) is 1.74. The van der Waals surface area contributed by atoms with Crippen molar-refractivity contribution in [1.82, 2.24) is 4.98 Å². The Labute approximate surface area is 116 Å². The van der Waals surface area contributed by atoms with Crippen LogP contribution in [-0.2, 0) is 11.2 Å². The second-order valence-electron chi connectivity index (χ2n) is 4.15. The maximum Gasteiger partial charge on any atom is 0.232 e. The minimum Gasteiger partial charge on any atom is -0.497 e. The highest BCUT2D eigenvalue weighted by Crippen LogP contribution is 2.29. The van der Waals surface area contributed by atoms with E-state index in [1.54, 1.807) is 32.2 Å². The molecule has 0 aliphatic carbocycles. The number of hydrogen-bond donors (Lipinski definition) is 1. The number of benzene rings is 1. The van der Waals surface area contributed by atoms with Gasteiger partial charge in [-0.2, -0.15) is 0 Å². The Morgan fingerprint density at radius 1 is 1.35 bits per heavy atom. The summed E-state index contributed by atoms with van der Waals surface area (Å²) < 4.78 is 15.5. The molecule has 0 saturated carbocycles. The number of hydrogen-bond acceptors (Lipinski definition) is 5. The number of ether oxygens (including phenoxy) is 2. The van der Waals surface area contributed by atoms with Crippen LogP contribution in [0.25, 0.3) is 0 Å². The monoisotopic (exact) mass is 276 g/mol. The molecule has 1 aromatic heterocycles. The van der Waals surface area contributed by atoms with E-state index in [1.165, 1.54) is 13.5 Å². The van der Waals surface area contributed by atoms with Crippen molar-refractivity contribution < 1.29 is 18.7 Å². The topological polar surface area (TPSA) is 73.6 Å².